The number of thioether (sulfide) groups is 1. The summed E-state index contributed by atoms with van der Waals surface area (Å²) in [4.78, 5) is 30.7. The van der Waals surface area contributed by atoms with Gasteiger partial charge in [-0.05, 0) is 54.3 Å². The van der Waals surface area contributed by atoms with Crippen molar-refractivity contribution in [2.75, 3.05) is 6.26 Å². The molecule has 0 fully saturated rings. The lowest BCUT2D eigenvalue weighted by Crippen LogP contribution is -2.23. The molecular formula is C24H18FN5O2S. The Morgan fingerprint density at radius 2 is 1.91 bits per heavy atom. The average molecular weight is 460 g/mol. The molecule has 0 aliphatic carbocycles. The molecule has 5 aromatic rings. The first kappa shape index (κ1) is 20.9. The molecule has 3 aromatic carbocycles. The smallest absolute Gasteiger partial charge is 0.281 e. The number of aromatic amines is 1. The first-order valence-electron chi connectivity index (χ1n) is 10.1. The molecule has 0 unspecified atom stereocenters. The highest BCUT2D eigenvalue weighted by molar-refractivity contribution is 7.98. The summed E-state index contributed by atoms with van der Waals surface area (Å²) in [5, 5.41) is 10.2. The van der Waals surface area contributed by atoms with E-state index >= 15 is 0 Å². The van der Waals surface area contributed by atoms with E-state index in [1.807, 2.05) is 30.5 Å². The van der Waals surface area contributed by atoms with E-state index in [2.05, 4.69) is 20.6 Å². The number of rotatable bonds is 5. The zero-order chi connectivity index (χ0) is 22.9. The number of fused-ring (bicyclic) bond motifs is 3. The summed E-state index contributed by atoms with van der Waals surface area (Å²) < 4.78 is 15.8. The molecule has 0 aliphatic heterocycles. The van der Waals surface area contributed by atoms with Crippen LogP contribution in [0.5, 0.6) is 0 Å². The molecule has 0 saturated heterocycles. The molecule has 2 aromatic heterocycles. The van der Waals surface area contributed by atoms with Gasteiger partial charge in [-0.2, -0.15) is 10.1 Å². The van der Waals surface area contributed by atoms with Gasteiger partial charge in [0.1, 0.15) is 11.5 Å². The number of hydrogen-bond donors (Lipinski definition) is 2. The van der Waals surface area contributed by atoms with E-state index in [1.165, 1.54) is 10.6 Å². The molecule has 33 heavy (non-hydrogen) atoms. The highest BCUT2D eigenvalue weighted by Crippen LogP contribution is 2.25. The average Bonchev–Trinajstić information content (AvgIpc) is 3.26. The lowest BCUT2D eigenvalue weighted by Gasteiger charge is -2.08. The summed E-state index contributed by atoms with van der Waals surface area (Å²) in [6.07, 6.45) is 2.01. The monoisotopic (exact) mass is 459 g/mol. The summed E-state index contributed by atoms with van der Waals surface area (Å²) in [7, 11) is 0. The molecule has 2 heterocycles. The zero-order valence-corrected chi connectivity index (χ0v) is 18.3. The summed E-state index contributed by atoms with van der Waals surface area (Å²) in [5.41, 5.74) is 1.93. The molecule has 0 atom stereocenters. The van der Waals surface area contributed by atoms with Gasteiger partial charge in [-0.1, -0.05) is 24.3 Å². The number of carbonyl (C=O) groups is 1. The number of nitrogens with one attached hydrogen (secondary N) is 2. The third kappa shape index (κ3) is 3.87. The van der Waals surface area contributed by atoms with E-state index in [-0.39, 0.29) is 22.8 Å². The van der Waals surface area contributed by atoms with Crippen LogP contribution >= 0.6 is 11.8 Å². The van der Waals surface area contributed by atoms with Crippen molar-refractivity contribution in [1.29, 1.82) is 0 Å². The van der Waals surface area contributed by atoms with Crippen LogP contribution in [0.4, 0.5) is 4.39 Å². The zero-order valence-electron chi connectivity index (χ0n) is 17.5. The van der Waals surface area contributed by atoms with Crippen molar-refractivity contribution in [1.82, 2.24) is 25.1 Å². The normalized spacial score (nSPS) is 11.2. The second-order valence-electron chi connectivity index (χ2n) is 7.38. The van der Waals surface area contributed by atoms with Gasteiger partial charge in [-0.15, -0.1) is 11.8 Å². The van der Waals surface area contributed by atoms with Gasteiger partial charge in [-0.3, -0.25) is 9.59 Å². The van der Waals surface area contributed by atoms with Crippen LogP contribution in [0.15, 0.2) is 76.4 Å². The number of aromatic nitrogens is 4. The molecule has 0 bridgehead atoms. The highest BCUT2D eigenvalue weighted by Gasteiger charge is 2.17. The van der Waals surface area contributed by atoms with Crippen molar-refractivity contribution in [3.05, 3.63) is 94.0 Å². The van der Waals surface area contributed by atoms with E-state index in [1.54, 1.807) is 48.2 Å². The summed E-state index contributed by atoms with van der Waals surface area (Å²) in [6, 6.07) is 18.8. The van der Waals surface area contributed by atoms with Crippen LogP contribution in [-0.4, -0.2) is 32.0 Å². The molecule has 0 saturated carbocycles. The Morgan fingerprint density at radius 3 is 2.67 bits per heavy atom. The van der Waals surface area contributed by atoms with Gasteiger partial charge in [0.15, 0.2) is 5.65 Å². The Bertz CT molecular complexity index is 1560. The fourth-order valence-corrected chi connectivity index (χ4v) is 4.04. The quantitative estimate of drug-likeness (QED) is 0.387. The third-order valence-electron chi connectivity index (χ3n) is 5.37. The summed E-state index contributed by atoms with van der Waals surface area (Å²) >= 11 is 1.65. The minimum atomic E-state index is -0.482. The fraction of sp³-hybridized carbons (Fsp3) is 0.0833. The number of halogens is 1. The number of H-pyrrole nitrogens is 1. The van der Waals surface area contributed by atoms with Crippen molar-refractivity contribution in [2.24, 2.45) is 0 Å². The van der Waals surface area contributed by atoms with E-state index in [0.717, 1.165) is 10.5 Å². The highest BCUT2D eigenvalue weighted by atomic mass is 32.2. The molecule has 9 heteroatoms. The Morgan fingerprint density at radius 1 is 1.12 bits per heavy atom. The van der Waals surface area contributed by atoms with E-state index in [9.17, 15) is 14.0 Å². The summed E-state index contributed by atoms with van der Waals surface area (Å²) in [6.45, 7) is 0.374. The summed E-state index contributed by atoms with van der Waals surface area (Å²) in [5.74, 6) is -0.753. The van der Waals surface area contributed by atoms with Crippen molar-refractivity contribution in [3.8, 4) is 11.3 Å². The number of benzene rings is 3. The van der Waals surface area contributed by atoms with Crippen LogP contribution in [0.1, 0.15) is 15.9 Å². The standard InChI is InChI=1S/C24H18FN5O2S/c1-33-16-9-6-14(7-10-16)13-26-23(31)15-8-11-18-20(12-15)30-22(27-24(18)32)21(28-29-30)17-4-2-3-5-19(17)25/h2-12,29H,13H2,1H3,(H,26,31). The second-order valence-corrected chi connectivity index (χ2v) is 8.26. The minimum Gasteiger partial charge on any atom is -0.348 e. The SMILES string of the molecule is CSc1ccc(CNC(=O)c2ccc3c(=O)nc4c(-c5ccccc5F)n[nH]n4c3c2)cc1. The largest absolute Gasteiger partial charge is 0.348 e. The maximum absolute atomic E-state index is 14.3. The van der Waals surface area contributed by atoms with E-state index in [0.29, 0.717) is 23.0 Å². The van der Waals surface area contributed by atoms with Crippen LogP contribution < -0.4 is 10.9 Å². The Balaban J connectivity index is 1.51. The van der Waals surface area contributed by atoms with Crippen LogP contribution in [0.25, 0.3) is 27.8 Å². The van der Waals surface area contributed by atoms with Crippen LogP contribution in [0, 0.1) is 5.82 Å². The lowest BCUT2D eigenvalue weighted by atomic mass is 10.1. The predicted molar refractivity (Wildman–Crippen MR) is 126 cm³/mol. The second kappa shape index (κ2) is 8.51. The lowest BCUT2D eigenvalue weighted by molar-refractivity contribution is 0.0951. The van der Waals surface area contributed by atoms with Gasteiger partial charge in [0.25, 0.3) is 11.5 Å². The predicted octanol–water partition coefficient (Wildman–Crippen LogP) is 4.03. The molecular weight excluding hydrogens is 441 g/mol. The van der Waals surface area contributed by atoms with Crippen LogP contribution in [0.2, 0.25) is 0 Å². The van der Waals surface area contributed by atoms with Crippen molar-refractivity contribution in [2.45, 2.75) is 11.4 Å². The Kier molecular flexibility index (Phi) is 5.39. The Hall–Kier alpha value is -3.98. The fourth-order valence-electron chi connectivity index (χ4n) is 3.63. The molecule has 7 nitrogen and oxygen atoms in total. The minimum absolute atomic E-state index is 0.184. The van der Waals surface area contributed by atoms with E-state index in [4.69, 9.17) is 0 Å². The van der Waals surface area contributed by atoms with Crippen molar-refractivity contribution in [3.63, 3.8) is 0 Å². The molecule has 0 spiro atoms. The topological polar surface area (TPSA) is 92.2 Å². The molecule has 0 aliphatic rings. The number of hydrogen-bond acceptors (Lipinski definition) is 5. The van der Waals surface area contributed by atoms with Gasteiger partial charge in [0.05, 0.1) is 10.9 Å². The molecule has 5 rings (SSSR count). The first-order chi connectivity index (χ1) is 16.0. The van der Waals surface area contributed by atoms with Gasteiger partial charge in [0, 0.05) is 22.6 Å². The number of carbonyl (C=O) groups excluding carboxylic acids is 1. The van der Waals surface area contributed by atoms with Gasteiger partial charge in [-0.25, -0.2) is 14.1 Å². The van der Waals surface area contributed by atoms with Crippen molar-refractivity contribution < 1.29 is 9.18 Å². The third-order valence-corrected chi connectivity index (χ3v) is 6.11. The maximum Gasteiger partial charge on any atom is 0.281 e. The van der Waals surface area contributed by atoms with Gasteiger partial charge < -0.3 is 5.32 Å². The van der Waals surface area contributed by atoms with Gasteiger partial charge >= 0.3 is 0 Å². The number of nitrogens with zero attached hydrogens (tertiary/aromatic N) is 3. The Labute approximate surface area is 191 Å². The maximum atomic E-state index is 14.3. The number of amides is 1. The molecule has 0 radical (unpaired) electrons. The molecule has 1 amide bonds. The van der Waals surface area contributed by atoms with E-state index < -0.39 is 11.4 Å². The van der Waals surface area contributed by atoms with Crippen molar-refractivity contribution >= 4 is 34.2 Å². The first-order valence-corrected chi connectivity index (χ1v) is 11.3. The molecule has 2 N–H and O–H groups in total. The van der Waals surface area contributed by atoms with Crippen LogP contribution in [-0.2, 0) is 6.54 Å². The molecule has 164 valence electrons. The van der Waals surface area contributed by atoms with Crippen LogP contribution in [0.3, 0.4) is 0 Å². The van der Waals surface area contributed by atoms with Gasteiger partial charge in [0.2, 0.25) is 0 Å².